The summed E-state index contributed by atoms with van der Waals surface area (Å²) < 4.78 is 25.6. The number of carbonyl (C=O) groups excluding carboxylic acids is 1. The van der Waals surface area contributed by atoms with Crippen LogP contribution in [0.25, 0.3) is 0 Å². The number of Topliss-reactive ketones (excluding diaryl/α,β-unsaturated/α-hetero) is 1. The largest absolute Gasteiger partial charge is 0.330 e. The molecule has 0 bridgehead atoms. The summed E-state index contributed by atoms with van der Waals surface area (Å²) in [7, 11) is -3.35. The fraction of sp³-hybridized carbons (Fsp3) is 0.211. The summed E-state index contributed by atoms with van der Waals surface area (Å²) in [5, 5.41) is 11.8. The van der Waals surface area contributed by atoms with E-state index in [9.17, 15) is 13.2 Å². The summed E-state index contributed by atoms with van der Waals surface area (Å²) in [6.45, 7) is 3.82. The molecule has 3 rings (SSSR count). The average Bonchev–Trinajstić information content (AvgIpc) is 3.09. The average molecular weight is 449 g/mol. The number of nitrogens with one attached hydrogen (secondary N) is 2. The van der Waals surface area contributed by atoms with Crippen molar-refractivity contribution in [1.82, 2.24) is 10.2 Å². The standard InChI is InChI=1S/C19H20N4O3S3/c1-12-6-4-5-7-16(12)20-18-21-22-19(28-18)27-13(2)17(24)14-8-10-15(11-9-14)23-29(3,25)26/h4-11,13,23H,1-3H3,(H,20,21)/t13-/m1/s1. The Balaban J connectivity index is 1.63. The van der Waals surface area contributed by atoms with Crippen molar-refractivity contribution in [3.05, 3.63) is 59.7 Å². The summed E-state index contributed by atoms with van der Waals surface area (Å²) in [5.41, 5.74) is 2.99. The first-order chi connectivity index (χ1) is 13.7. The van der Waals surface area contributed by atoms with E-state index in [2.05, 4.69) is 20.2 Å². The second-order valence-electron chi connectivity index (χ2n) is 6.39. The van der Waals surface area contributed by atoms with E-state index in [1.807, 2.05) is 38.1 Å². The number of aryl methyl sites for hydroxylation is 1. The van der Waals surface area contributed by atoms with Crippen LogP contribution in [0.2, 0.25) is 0 Å². The van der Waals surface area contributed by atoms with Crippen LogP contribution in [0, 0.1) is 6.92 Å². The molecule has 2 aromatic carbocycles. The predicted molar refractivity (Wildman–Crippen MR) is 119 cm³/mol. The number of para-hydroxylation sites is 1. The Morgan fingerprint density at radius 2 is 1.79 bits per heavy atom. The Morgan fingerprint density at radius 3 is 2.45 bits per heavy atom. The van der Waals surface area contributed by atoms with Crippen LogP contribution < -0.4 is 10.0 Å². The molecule has 1 aromatic heterocycles. The van der Waals surface area contributed by atoms with E-state index in [0.29, 0.717) is 20.7 Å². The van der Waals surface area contributed by atoms with Gasteiger partial charge in [-0.2, -0.15) is 0 Å². The van der Waals surface area contributed by atoms with Crippen LogP contribution in [0.5, 0.6) is 0 Å². The van der Waals surface area contributed by atoms with Gasteiger partial charge in [0.05, 0.1) is 11.5 Å². The molecule has 1 atom stereocenters. The second-order valence-corrected chi connectivity index (χ2v) is 10.7. The van der Waals surface area contributed by atoms with Crippen LogP contribution in [0.1, 0.15) is 22.8 Å². The molecule has 2 N–H and O–H groups in total. The van der Waals surface area contributed by atoms with Gasteiger partial charge in [-0.15, -0.1) is 10.2 Å². The van der Waals surface area contributed by atoms with E-state index >= 15 is 0 Å². The number of carbonyl (C=O) groups is 1. The number of anilines is 3. The van der Waals surface area contributed by atoms with Crippen molar-refractivity contribution in [2.45, 2.75) is 23.4 Å². The van der Waals surface area contributed by atoms with Gasteiger partial charge in [-0.1, -0.05) is 41.3 Å². The topological polar surface area (TPSA) is 101 Å². The Bertz CT molecular complexity index is 1110. The van der Waals surface area contributed by atoms with Crippen LogP contribution in [-0.4, -0.2) is 35.9 Å². The highest BCUT2D eigenvalue weighted by Crippen LogP contribution is 2.32. The van der Waals surface area contributed by atoms with E-state index < -0.39 is 10.0 Å². The number of thioether (sulfide) groups is 1. The summed E-state index contributed by atoms with van der Waals surface area (Å²) in [5.74, 6) is -0.0653. The number of ketones is 1. The Hall–Kier alpha value is -2.43. The summed E-state index contributed by atoms with van der Waals surface area (Å²) >= 11 is 2.73. The minimum Gasteiger partial charge on any atom is -0.330 e. The number of sulfonamides is 1. The number of nitrogens with zero attached hydrogens (tertiary/aromatic N) is 2. The van der Waals surface area contributed by atoms with Crippen LogP contribution >= 0.6 is 23.1 Å². The van der Waals surface area contributed by atoms with Gasteiger partial charge in [-0.25, -0.2) is 8.42 Å². The maximum atomic E-state index is 12.7. The summed E-state index contributed by atoms with van der Waals surface area (Å²) in [6.07, 6.45) is 1.08. The number of hydrogen-bond acceptors (Lipinski definition) is 8. The third-order valence-electron chi connectivity index (χ3n) is 3.91. The van der Waals surface area contributed by atoms with Gasteiger partial charge in [-0.05, 0) is 49.7 Å². The second kappa shape index (κ2) is 8.93. The molecule has 0 aliphatic heterocycles. The molecule has 0 fully saturated rings. The fourth-order valence-corrected chi connectivity index (χ4v) is 5.04. The maximum absolute atomic E-state index is 12.7. The lowest BCUT2D eigenvalue weighted by atomic mass is 10.1. The van der Waals surface area contributed by atoms with Gasteiger partial charge in [0.1, 0.15) is 0 Å². The molecule has 1 heterocycles. The molecular weight excluding hydrogens is 428 g/mol. The van der Waals surface area contributed by atoms with Gasteiger partial charge in [-0.3, -0.25) is 9.52 Å². The van der Waals surface area contributed by atoms with E-state index in [1.54, 1.807) is 24.3 Å². The van der Waals surface area contributed by atoms with Crippen molar-refractivity contribution >= 4 is 55.4 Å². The normalized spacial score (nSPS) is 12.4. The molecule has 152 valence electrons. The van der Waals surface area contributed by atoms with Gasteiger partial charge < -0.3 is 5.32 Å². The van der Waals surface area contributed by atoms with E-state index in [0.717, 1.165) is 17.5 Å². The first kappa shape index (κ1) is 21.3. The SMILES string of the molecule is Cc1ccccc1Nc1nnc(S[C@H](C)C(=O)c2ccc(NS(C)(=O)=O)cc2)s1. The Morgan fingerprint density at radius 1 is 1.10 bits per heavy atom. The highest BCUT2D eigenvalue weighted by molar-refractivity contribution is 8.02. The smallest absolute Gasteiger partial charge is 0.229 e. The highest BCUT2D eigenvalue weighted by Gasteiger charge is 2.19. The number of rotatable bonds is 8. The van der Waals surface area contributed by atoms with Gasteiger partial charge >= 0.3 is 0 Å². The molecule has 29 heavy (non-hydrogen) atoms. The third-order valence-corrected chi connectivity index (χ3v) is 6.54. The molecule has 7 nitrogen and oxygen atoms in total. The van der Waals surface area contributed by atoms with E-state index in [4.69, 9.17) is 0 Å². The van der Waals surface area contributed by atoms with E-state index in [1.165, 1.54) is 23.1 Å². The lowest BCUT2D eigenvalue weighted by Gasteiger charge is -2.09. The number of aromatic nitrogens is 2. The van der Waals surface area contributed by atoms with E-state index in [-0.39, 0.29) is 11.0 Å². The van der Waals surface area contributed by atoms with Crippen LogP contribution in [0.4, 0.5) is 16.5 Å². The zero-order valence-corrected chi connectivity index (χ0v) is 18.5. The highest BCUT2D eigenvalue weighted by atomic mass is 32.2. The van der Waals surface area contributed by atoms with Gasteiger partial charge in [0.15, 0.2) is 10.1 Å². The molecule has 0 aliphatic rings. The van der Waals surface area contributed by atoms with Crippen LogP contribution in [-0.2, 0) is 10.0 Å². The fourth-order valence-electron chi connectivity index (χ4n) is 2.49. The first-order valence-electron chi connectivity index (χ1n) is 8.66. The molecule has 0 amide bonds. The summed E-state index contributed by atoms with van der Waals surface area (Å²) in [4.78, 5) is 12.7. The predicted octanol–water partition coefficient (Wildman–Crippen LogP) is 4.33. The third kappa shape index (κ3) is 6.02. The van der Waals surface area contributed by atoms with Crippen LogP contribution in [0.15, 0.2) is 52.9 Å². The van der Waals surface area contributed by atoms with Crippen molar-refractivity contribution in [1.29, 1.82) is 0 Å². The summed E-state index contributed by atoms with van der Waals surface area (Å²) in [6, 6.07) is 14.3. The molecule has 3 aromatic rings. The van der Waals surface area contributed by atoms with Crippen molar-refractivity contribution in [3.63, 3.8) is 0 Å². The molecule has 0 radical (unpaired) electrons. The molecule has 0 unspecified atom stereocenters. The molecule has 0 saturated heterocycles. The maximum Gasteiger partial charge on any atom is 0.229 e. The molecule has 10 heteroatoms. The minimum absolute atomic E-state index is 0.0653. The molecular formula is C19H20N4O3S3. The first-order valence-corrected chi connectivity index (χ1v) is 12.2. The van der Waals surface area contributed by atoms with Crippen molar-refractivity contribution in [3.8, 4) is 0 Å². The molecule has 0 saturated carbocycles. The molecule has 0 spiro atoms. The lowest BCUT2D eigenvalue weighted by molar-refractivity contribution is 0.0994. The zero-order valence-electron chi connectivity index (χ0n) is 16.0. The van der Waals surface area contributed by atoms with Crippen molar-refractivity contribution in [2.24, 2.45) is 0 Å². The van der Waals surface area contributed by atoms with Crippen molar-refractivity contribution in [2.75, 3.05) is 16.3 Å². The van der Waals surface area contributed by atoms with Crippen LogP contribution in [0.3, 0.4) is 0 Å². The zero-order chi connectivity index (χ0) is 21.0. The monoisotopic (exact) mass is 448 g/mol. The number of hydrogen-bond donors (Lipinski definition) is 2. The Kier molecular flexibility index (Phi) is 6.56. The Labute approximate surface area is 178 Å². The van der Waals surface area contributed by atoms with Crippen molar-refractivity contribution < 1.29 is 13.2 Å². The van der Waals surface area contributed by atoms with Gasteiger partial charge in [0.25, 0.3) is 0 Å². The van der Waals surface area contributed by atoms with Gasteiger partial charge in [0.2, 0.25) is 15.2 Å². The molecule has 0 aliphatic carbocycles. The lowest BCUT2D eigenvalue weighted by Crippen LogP contribution is -2.14. The number of benzene rings is 2. The van der Waals surface area contributed by atoms with Gasteiger partial charge in [0, 0.05) is 16.9 Å². The quantitative estimate of drug-likeness (QED) is 0.391. The minimum atomic E-state index is -3.35.